The number of rotatable bonds is 3. The fourth-order valence-electron chi connectivity index (χ4n) is 2.44. The van der Waals surface area contributed by atoms with E-state index in [4.69, 9.17) is 11.6 Å². The van der Waals surface area contributed by atoms with Crippen LogP contribution in [0, 0.1) is 5.41 Å². The van der Waals surface area contributed by atoms with Gasteiger partial charge >= 0.3 is 12.0 Å². The van der Waals surface area contributed by atoms with Crippen LogP contribution in [-0.4, -0.2) is 35.1 Å². The van der Waals surface area contributed by atoms with Gasteiger partial charge in [0.05, 0.1) is 10.4 Å². The first kappa shape index (κ1) is 16.1. The van der Waals surface area contributed by atoms with Crippen molar-refractivity contribution in [2.45, 2.75) is 19.8 Å². The minimum absolute atomic E-state index is 0.231. The van der Waals surface area contributed by atoms with Gasteiger partial charge in [-0.15, -0.1) is 0 Å². The van der Waals surface area contributed by atoms with Crippen molar-refractivity contribution in [3.8, 4) is 0 Å². The molecule has 2 amide bonds. The SMILES string of the molecule is CCC1(C(=O)O)CCN(C(=O)Nc2ccc(Br)c(Cl)c2)C1. The van der Waals surface area contributed by atoms with Crippen molar-refractivity contribution < 1.29 is 14.7 Å². The number of amides is 2. The van der Waals surface area contributed by atoms with Crippen LogP contribution in [0.25, 0.3) is 0 Å². The van der Waals surface area contributed by atoms with Gasteiger partial charge in [-0.25, -0.2) is 4.79 Å². The smallest absolute Gasteiger partial charge is 0.321 e. The van der Waals surface area contributed by atoms with Crippen molar-refractivity contribution in [2.75, 3.05) is 18.4 Å². The predicted molar refractivity (Wildman–Crippen MR) is 84.7 cm³/mol. The molecule has 0 aromatic heterocycles. The molecule has 0 bridgehead atoms. The van der Waals surface area contributed by atoms with E-state index in [1.165, 1.54) is 4.90 Å². The molecule has 5 nitrogen and oxygen atoms in total. The summed E-state index contributed by atoms with van der Waals surface area (Å²) in [6.07, 6.45) is 0.990. The van der Waals surface area contributed by atoms with E-state index in [0.29, 0.717) is 30.1 Å². The van der Waals surface area contributed by atoms with E-state index in [9.17, 15) is 14.7 Å². The lowest BCUT2D eigenvalue weighted by Crippen LogP contribution is -2.38. The fraction of sp³-hybridized carbons (Fsp3) is 0.429. The maximum absolute atomic E-state index is 12.2. The zero-order valence-electron chi connectivity index (χ0n) is 11.5. The number of urea groups is 1. The highest BCUT2D eigenvalue weighted by Gasteiger charge is 2.44. The monoisotopic (exact) mass is 374 g/mol. The highest BCUT2D eigenvalue weighted by molar-refractivity contribution is 9.10. The van der Waals surface area contributed by atoms with Crippen molar-refractivity contribution in [3.05, 3.63) is 27.7 Å². The molecule has 1 atom stereocenters. The van der Waals surface area contributed by atoms with E-state index in [0.717, 1.165) is 4.47 Å². The predicted octanol–water partition coefficient (Wildman–Crippen LogP) is 3.82. The standard InChI is InChI=1S/C14H16BrClN2O3/c1-2-14(12(19)20)5-6-18(8-14)13(21)17-9-3-4-10(15)11(16)7-9/h3-4,7H,2,5-6,8H2,1H3,(H,17,21)(H,19,20). The number of benzene rings is 1. The summed E-state index contributed by atoms with van der Waals surface area (Å²) in [5.41, 5.74) is -0.244. The zero-order chi connectivity index (χ0) is 15.6. The number of anilines is 1. The van der Waals surface area contributed by atoms with E-state index < -0.39 is 11.4 Å². The molecule has 7 heteroatoms. The number of carboxylic acid groups (broad SMARTS) is 1. The topological polar surface area (TPSA) is 69.6 Å². The molecular weight excluding hydrogens is 360 g/mol. The quantitative estimate of drug-likeness (QED) is 0.844. The molecule has 0 saturated carbocycles. The second-order valence-corrected chi connectivity index (χ2v) is 6.43. The van der Waals surface area contributed by atoms with Crippen LogP contribution in [0.15, 0.2) is 22.7 Å². The second kappa shape index (κ2) is 6.23. The summed E-state index contributed by atoms with van der Waals surface area (Å²) in [5, 5.41) is 12.6. The van der Waals surface area contributed by atoms with Crippen LogP contribution in [0.3, 0.4) is 0 Å². The van der Waals surface area contributed by atoms with Gasteiger partial charge in [-0.3, -0.25) is 4.79 Å². The summed E-state index contributed by atoms with van der Waals surface area (Å²) in [7, 11) is 0. The molecule has 2 rings (SSSR count). The number of carbonyl (C=O) groups excluding carboxylic acids is 1. The number of carboxylic acids is 1. The number of nitrogens with zero attached hydrogens (tertiary/aromatic N) is 1. The van der Waals surface area contributed by atoms with E-state index >= 15 is 0 Å². The minimum atomic E-state index is -0.841. The van der Waals surface area contributed by atoms with Gasteiger partial charge in [0.25, 0.3) is 0 Å². The Balaban J connectivity index is 2.05. The maximum Gasteiger partial charge on any atom is 0.321 e. The Morgan fingerprint density at radius 1 is 1.52 bits per heavy atom. The van der Waals surface area contributed by atoms with Crippen molar-refractivity contribution in [1.29, 1.82) is 0 Å². The molecule has 1 aliphatic heterocycles. The number of hydrogen-bond acceptors (Lipinski definition) is 2. The first-order valence-corrected chi connectivity index (χ1v) is 7.79. The van der Waals surface area contributed by atoms with Crippen LogP contribution in [-0.2, 0) is 4.79 Å². The molecule has 1 aromatic rings. The Morgan fingerprint density at radius 2 is 2.24 bits per heavy atom. The number of hydrogen-bond donors (Lipinski definition) is 2. The molecule has 1 fully saturated rings. The van der Waals surface area contributed by atoms with Crippen molar-refractivity contribution in [3.63, 3.8) is 0 Å². The van der Waals surface area contributed by atoms with Gasteiger partial charge in [-0.05, 0) is 47.0 Å². The van der Waals surface area contributed by atoms with Gasteiger partial charge in [0, 0.05) is 23.2 Å². The van der Waals surface area contributed by atoms with E-state index in [1.807, 2.05) is 6.92 Å². The minimum Gasteiger partial charge on any atom is -0.481 e. The van der Waals surface area contributed by atoms with Gasteiger partial charge in [0.1, 0.15) is 0 Å². The lowest BCUT2D eigenvalue weighted by atomic mass is 9.84. The lowest BCUT2D eigenvalue weighted by Gasteiger charge is -2.23. The number of likely N-dealkylation sites (tertiary alicyclic amines) is 1. The Hall–Kier alpha value is -1.27. The third kappa shape index (κ3) is 3.32. The zero-order valence-corrected chi connectivity index (χ0v) is 13.9. The van der Waals surface area contributed by atoms with Gasteiger partial charge in [0.2, 0.25) is 0 Å². The number of halogens is 2. The van der Waals surface area contributed by atoms with E-state index in [2.05, 4.69) is 21.2 Å². The molecule has 2 N–H and O–H groups in total. The van der Waals surface area contributed by atoms with Crippen molar-refractivity contribution in [2.24, 2.45) is 5.41 Å². The largest absolute Gasteiger partial charge is 0.481 e. The van der Waals surface area contributed by atoms with Gasteiger partial charge in [-0.1, -0.05) is 18.5 Å². The molecular formula is C14H16BrClN2O3. The van der Waals surface area contributed by atoms with Gasteiger partial charge in [0.15, 0.2) is 0 Å². The highest BCUT2D eigenvalue weighted by atomic mass is 79.9. The van der Waals surface area contributed by atoms with Crippen LogP contribution < -0.4 is 5.32 Å². The Kier molecular flexibility index (Phi) is 4.78. The van der Waals surface area contributed by atoms with Gasteiger partial charge in [-0.2, -0.15) is 0 Å². The van der Waals surface area contributed by atoms with Crippen molar-refractivity contribution >= 4 is 45.2 Å². The van der Waals surface area contributed by atoms with Crippen LogP contribution >= 0.6 is 27.5 Å². The fourth-order valence-corrected chi connectivity index (χ4v) is 2.86. The summed E-state index contributed by atoms with van der Waals surface area (Å²) < 4.78 is 0.749. The first-order valence-electron chi connectivity index (χ1n) is 6.62. The molecule has 1 heterocycles. The molecule has 1 aromatic carbocycles. The summed E-state index contributed by atoms with van der Waals surface area (Å²) in [6, 6.07) is 4.82. The van der Waals surface area contributed by atoms with Crippen LogP contribution in [0.1, 0.15) is 19.8 Å². The average molecular weight is 376 g/mol. The molecule has 1 aliphatic rings. The third-order valence-electron chi connectivity index (χ3n) is 3.94. The Morgan fingerprint density at radius 3 is 2.76 bits per heavy atom. The summed E-state index contributed by atoms with van der Waals surface area (Å²) in [5.74, 6) is -0.841. The normalized spacial score (nSPS) is 21.4. The molecule has 1 unspecified atom stereocenters. The summed E-state index contributed by atoms with van der Waals surface area (Å²) in [6.45, 7) is 2.51. The lowest BCUT2D eigenvalue weighted by molar-refractivity contribution is -0.148. The van der Waals surface area contributed by atoms with Crippen LogP contribution in [0.4, 0.5) is 10.5 Å². The van der Waals surface area contributed by atoms with E-state index in [-0.39, 0.29) is 12.6 Å². The first-order chi connectivity index (χ1) is 9.88. The number of carbonyl (C=O) groups is 2. The second-order valence-electron chi connectivity index (χ2n) is 5.17. The van der Waals surface area contributed by atoms with Crippen LogP contribution in [0.2, 0.25) is 5.02 Å². The number of nitrogens with one attached hydrogen (secondary N) is 1. The average Bonchev–Trinajstić information content (AvgIpc) is 2.89. The Labute approximate surface area is 136 Å². The van der Waals surface area contributed by atoms with Crippen molar-refractivity contribution in [1.82, 2.24) is 4.90 Å². The summed E-state index contributed by atoms with van der Waals surface area (Å²) in [4.78, 5) is 25.1. The van der Waals surface area contributed by atoms with Gasteiger partial charge < -0.3 is 15.3 Å². The maximum atomic E-state index is 12.2. The molecule has 0 spiro atoms. The molecule has 0 aliphatic carbocycles. The highest BCUT2D eigenvalue weighted by Crippen LogP contribution is 2.34. The molecule has 114 valence electrons. The van der Waals surface area contributed by atoms with Crippen LogP contribution in [0.5, 0.6) is 0 Å². The Bertz CT molecular complexity index is 581. The molecule has 1 saturated heterocycles. The molecule has 0 radical (unpaired) electrons. The third-order valence-corrected chi connectivity index (χ3v) is 5.17. The number of aliphatic carboxylic acids is 1. The summed E-state index contributed by atoms with van der Waals surface area (Å²) >= 11 is 9.26. The van der Waals surface area contributed by atoms with E-state index in [1.54, 1.807) is 18.2 Å². The molecule has 21 heavy (non-hydrogen) atoms.